The van der Waals surface area contributed by atoms with E-state index in [1.807, 2.05) is 6.92 Å². The zero-order valence-electron chi connectivity index (χ0n) is 11.5. The van der Waals surface area contributed by atoms with Crippen LogP contribution in [0.4, 0.5) is 0 Å². The Labute approximate surface area is 116 Å². The van der Waals surface area contributed by atoms with E-state index in [0.29, 0.717) is 18.6 Å². The van der Waals surface area contributed by atoms with Crippen LogP contribution in [0.2, 0.25) is 0 Å². The first-order valence-electron chi connectivity index (χ1n) is 6.51. The van der Waals surface area contributed by atoms with Crippen molar-refractivity contribution in [1.29, 1.82) is 0 Å². The largest absolute Gasteiger partial charge is 0.409 e. The van der Waals surface area contributed by atoms with Gasteiger partial charge in [0.2, 0.25) is 5.91 Å². The Balaban J connectivity index is 2.81. The fraction of sp³-hybridized carbons (Fsp3) is 0.833. The predicted octanol–water partition coefficient (Wildman–Crippen LogP) is 0.567. The van der Waals surface area contributed by atoms with Crippen LogP contribution in [0.5, 0.6) is 0 Å². The first-order valence-corrected chi connectivity index (χ1v) is 8.24. The number of carbonyl (C=O) groups excluding carboxylic acids is 1. The van der Waals surface area contributed by atoms with Crippen LogP contribution < -0.4 is 11.1 Å². The molecule has 1 aliphatic rings. The molecule has 0 spiro atoms. The van der Waals surface area contributed by atoms with Crippen LogP contribution in [0.1, 0.15) is 39.0 Å². The van der Waals surface area contributed by atoms with Crippen LogP contribution >= 0.6 is 0 Å². The third kappa shape index (κ3) is 3.92. The molecule has 0 aromatic rings. The first-order chi connectivity index (χ1) is 8.92. The smallest absolute Gasteiger partial charge is 0.234 e. The summed E-state index contributed by atoms with van der Waals surface area (Å²) in [6, 6.07) is -0.191. The van der Waals surface area contributed by atoms with Gasteiger partial charge in [-0.05, 0) is 19.8 Å². The highest BCUT2D eigenvalue weighted by molar-refractivity contribution is 7.84. The van der Waals surface area contributed by atoms with E-state index in [1.54, 1.807) is 6.26 Å². The SMILES string of the molecule is CC(CS(C)=O)NC(=O)C1(C(N)=NO)CCCCC1. The standard InChI is InChI=1S/C12H23N3O3S/c1-9(8-19(2)18)14-11(16)12(10(13)15-17)6-4-3-5-7-12/h9,17H,3-8H2,1-2H3,(H2,13,15)(H,14,16). The van der Waals surface area contributed by atoms with Crippen LogP contribution in [0.3, 0.4) is 0 Å². The minimum absolute atomic E-state index is 0.0190. The molecule has 0 aliphatic heterocycles. The lowest BCUT2D eigenvalue weighted by molar-refractivity contribution is -0.129. The van der Waals surface area contributed by atoms with E-state index in [2.05, 4.69) is 10.5 Å². The first kappa shape index (κ1) is 15.9. The highest BCUT2D eigenvalue weighted by Crippen LogP contribution is 2.36. The Morgan fingerprint density at radius 3 is 2.53 bits per heavy atom. The zero-order chi connectivity index (χ0) is 14.5. The maximum absolute atomic E-state index is 12.4. The van der Waals surface area contributed by atoms with Gasteiger partial charge in [0.1, 0.15) is 5.41 Å². The maximum atomic E-state index is 12.4. The van der Waals surface area contributed by atoms with Crippen LogP contribution in [-0.2, 0) is 15.6 Å². The predicted molar refractivity (Wildman–Crippen MR) is 75.5 cm³/mol. The molecule has 110 valence electrons. The average molecular weight is 289 g/mol. The highest BCUT2D eigenvalue weighted by atomic mass is 32.2. The second-order valence-electron chi connectivity index (χ2n) is 5.24. The second-order valence-corrected chi connectivity index (χ2v) is 6.72. The molecule has 1 amide bonds. The summed E-state index contributed by atoms with van der Waals surface area (Å²) < 4.78 is 11.2. The summed E-state index contributed by atoms with van der Waals surface area (Å²) in [4.78, 5) is 12.4. The Kier molecular flexibility index (Phi) is 5.78. The van der Waals surface area contributed by atoms with Gasteiger partial charge in [-0.25, -0.2) is 0 Å². The Morgan fingerprint density at radius 1 is 1.47 bits per heavy atom. The van der Waals surface area contributed by atoms with Crippen molar-refractivity contribution in [3.63, 3.8) is 0 Å². The van der Waals surface area contributed by atoms with Crippen molar-refractivity contribution in [3.8, 4) is 0 Å². The molecule has 0 aromatic heterocycles. The molecule has 0 radical (unpaired) electrons. The lowest BCUT2D eigenvalue weighted by atomic mass is 9.72. The van der Waals surface area contributed by atoms with Crippen molar-refractivity contribution in [2.45, 2.75) is 45.1 Å². The zero-order valence-corrected chi connectivity index (χ0v) is 12.3. The van der Waals surface area contributed by atoms with Gasteiger partial charge in [0.15, 0.2) is 5.84 Å². The molecule has 0 bridgehead atoms. The number of nitrogens with one attached hydrogen (secondary N) is 1. The molecule has 2 atom stereocenters. The molecular weight excluding hydrogens is 266 g/mol. The minimum atomic E-state index is -0.969. The summed E-state index contributed by atoms with van der Waals surface area (Å²) in [6.45, 7) is 1.81. The summed E-state index contributed by atoms with van der Waals surface area (Å²) in [7, 11) is -0.969. The van der Waals surface area contributed by atoms with Crippen molar-refractivity contribution in [2.75, 3.05) is 12.0 Å². The number of rotatable bonds is 5. The molecule has 0 saturated heterocycles. The molecule has 1 rings (SSSR count). The van der Waals surface area contributed by atoms with Gasteiger partial charge in [-0.15, -0.1) is 0 Å². The Hall–Kier alpha value is -1.11. The number of hydrogen-bond acceptors (Lipinski definition) is 4. The molecule has 7 heteroatoms. The molecule has 1 saturated carbocycles. The van der Waals surface area contributed by atoms with Crippen LogP contribution in [0.15, 0.2) is 5.16 Å². The molecule has 1 aliphatic carbocycles. The maximum Gasteiger partial charge on any atom is 0.234 e. The van der Waals surface area contributed by atoms with Gasteiger partial charge in [0, 0.05) is 28.9 Å². The third-order valence-corrected chi connectivity index (χ3v) is 4.57. The monoisotopic (exact) mass is 289 g/mol. The van der Waals surface area contributed by atoms with Crippen LogP contribution in [0, 0.1) is 5.41 Å². The summed E-state index contributed by atoms with van der Waals surface area (Å²) in [5, 5.41) is 14.8. The van der Waals surface area contributed by atoms with Gasteiger partial charge in [-0.3, -0.25) is 9.00 Å². The minimum Gasteiger partial charge on any atom is -0.409 e. The summed E-state index contributed by atoms with van der Waals surface area (Å²) in [5.74, 6) is 0.160. The van der Waals surface area contributed by atoms with Gasteiger partial charge in [-0.1, -0.05) is 24.4 Å². The molecule has 1 fully saturated rings. The topological polar surface area (TPSA) is 105 Å². The van der Waals surface area contributed by atoms with Crippen molar-refractivity contribution in [3.05, 3.63) is 0 Å². The van der Waals surface area contributed by atoms with E-state index < -0.39 is 16.2 Å². The fourth-order valence-electron chi connectivity index (χ4n) is 2.61. The second kappa shape index (κ2) is 6.88. The number of amides is 1. The lowest BCUT2D eigenvalue weighted by Gasteiger charge is -2.35. The number of hydrogen-bond donors (Lipinski definition) is 3. The van der Waals surface area contributed by atoms with Crippen LogP contribution in [-0.4, -0.2) is 39.2 Å². The Morgan fingerprint density at radius 2 is 2.05 bits per heavy atom. The molecule has 0 heterocycles. The van der Waals surface area contributed by atoms with Crippen molar-refractivity contribution in [2.24, 2.45) is 16.3 Å². The van der Waals surface area contributed by atoms with E-state index in [-0.39, 0.29) is 17.8 Å². The molecule has 2 unspecified atom stereocenters. The molecule has 0 aromatic carbocycles. The quantitative estimate of drug-likeness (QED) is 0.298. The summed E-state index contributed by atoms with van der Waals surface area (Å²) >= 11 is 0. The van der Waals surface area contributed by atoms with E-state index in [9.17, 15) is 9.00 Å². The molecule has 4 N–H and O–H groups in total. The average Bonchev–Trinajstić information content (AvgIpc) is 2.37. The summed E-state index contributed by atoms with van der Waals surface area (Å²) in [5.41, 5.74) is 4.83. The normalized spacial score (nSPS) is 22.5. The Bertz CT molecular complexity index is 378. The number of nitrogens with zero attached hydrogens (tertiary/aromatic N) is 1. The van der Waals surface area contributed by atoms with Crippen molar-refractivity contribution < 1.29 is 14.2 Å². The van der Waals surface area contributed by atoms with E-state index in [4.69, 9.17) is 10.9 Å². The van der Waals surface area contributed by atoms with Gasteiger partial charge < -0.3 is 16.3 Å². The van der Waals surface area contributed by atoms with Crippen molar-refractivity contribution in [1.82, 2.24) is 5.32 Å². The summed E-state index contributed by atoms with van der Waals surface area (Å²) in [6.07, 6.45) is 5.62. The molecule has 19 heavy (non-hydrogen) atoms. The van der Waals surface area contributed by atoms with E-state index >= 15 is 0 Å². The van der Waals surface area contributed by atoms with E-state index in [1.165, 1.54) is 0 Å². The van der Waals surface area contributed by atoms with Gasteiger partial charge in [0.25, 0.3) is 0 Å². The number of amidine groups is 1. The third-order valence-electron chi connectivity index (χ3n) is 3.60. The lowest BCUT2D eigenvalue weighted by Crippen LogP contribution is -2.53. The fourth-order valence-corrected chi connectivity index (χ4v) is 3.39. The van der Waals surface area contributed by atoms with E-state index in [0.717, 1.165) is 19.3 Å². The van der Waals surface area contributed by atoms with Crippen molar-refractivity contribution >= 4 is 22.5 Å². The number of oxime groups is 1. The number of nitrogens with two attached hydrogens (primary N) is 1. The molecular formula is C12H23N3O3S. The van der Waals surface area contributed by atoms with Crippen LogP contribution in [0.25, 0.3) is 0 Å². The number of carbonyl (C=O) groups is 1. The van der Waals surface area contributed by atoms with Gasteiger partial charge in [-0.2, -0.15) is 0 Å². The molecule has 6 nitrogen and oxygen atoms in total. The highest BCUT2D eigenvalue weighted by Gasteiger charge is 2.44. The van der Waals surface area contributed by atoms with Gasteiger partial charge in [0.05, 0.1) is 0 Å². The van der Waals surface area contributed by atoms with Gasteiger partial charge >= 0.3 is 0 Å².